The predicted octanol–water partition coefficient (Wildman–Crippen LogP) is 4.34. The van der Waals surface area contributed by atoms with Crippen molar-refractivity contribution in [2.75, 3.05) is 6.54 Å². The lowest BCUT2D eigenvalue weighted by atomic mass is 10.1. The summed E-state index contributed by atoms with van der Waals surface area (Å²) >= 11 is 12.0. The Morgan fingerprint density at radius 2 is 1.84 bits per heavy atom. The number of halogens is 2. The van der Waals surface area contributed by atoms with Crippen molar-refractivity contribution in [1.29, 1.82) is 0 Å². The summed E-state index contributed by atoms with van der Waals surface area (Å²) in [6, 6.07) is 5.73. The summed E-state index contributed by atoms with van der Waals surface area (Å²) in [5.41, 5.74) is 0.704. The minimum Gasteiger partial charge on any atom is -0.387 e. The zero-order chi connectivity index (χ0) is 13.7. The van der Waals surface area contributed by atoms with Crippen LogP contribution in [-0.4, -0.2) is 17.7 Å². The molecule has 106 valence electrons. The highest BCUT2D eigenvalue weighted by atomic mass is 35.5. The molecule has 0 aromatic heterocycles. The van der Waals surface area contributed by atoms with Crippen LogP contribution in [0.1, 0.15) is 50.2 Å². The van der Waals surface area contributed by atoms with Gasteiger partial charge in [0.1, 0.15) is 0 Å². The van der Waals surface area contributed by atoms with Crippen LogP contribution in [0.15, 0.2) is 18.2 Å². The van der Waals surface area contributed by atoms with Gasteiger partial charge in [-0.3, -0.25) is 0 Å². The molecule has 2 N–H and O–H groups in total. The van der Waals surface area contributed by atoms with Crippen LogP contribution in [0.5, 0.6) is 0 Å². The van der Waals surface area contributed by atoms with Crippen molar-refractivity contribution >= 4 is 23.2 Å². The van der Waals surface area contributed by atoms with Gasteiger partial charge in [0, 0.05) is 28.2 Å². The van der Waals surface area contributed by atoms with Crippen molar-refractivity contribution in [3.05, 3.63) is 33.8 Å². The molecule has 0 saturated heterocycles. The van der Waals surface area contributed by atoms with E-state index in [4.69, 9.17) is 23.2 Å². The van der Waals surface area contributed by atoms with Crippen LogP contribution in [0.3, 0.4) is 0 Å². The smallest absolute Gasteiger partial charge is 0.0929 e. The second-order valence-corrected chi connectivity index (χ2v) is 6.12. The largest absolute Gasteiger partial charge is 0.387 e. The summed E-state index contributed by atoms with van der Waals surface area (Å²) in [6.45, 7) is 0.532. The standard InChI is InChI=1S/C15H21Cl2NO/c16-11-7-8-14(17)13(9-11)15(19)10-18-12-5-3-1-2-4-6-12/h7-9,12,15,18-19H,1-6,10H2. The van der Waals surface area contributed by atoms with Gasteiger partial charge in [-0.1, -0.05) is 48.9 Å². The molecule has 1 unspecified atom stereocenters. The average molecular weight is 302 g/mol. The van der Waals surface area contributed by atoms with E-state index in [1.165, 1.54) is 38.5 Å². The average Bonchev–Trinajstić information content (AvgIpc) is 2.67. The molecule has 19 heavy (non-hydrogen) atoms. The molecule has 1 fully saturated rings. The van der Waals surface area contributed by atoms with Crippen molar-refractivity contribution in [3.8, 4) is 0 Å². The summed E-state index contributed by atoms with van der Waals surface area (Å²) in [5.74, 6) is 0. The highest BCUT2D eigenvalue weighted by Crippen LogP contribution is 2.26. The third-order valence-electron chi connectivity index (χ3n) is 3.77. The Kier molecular flexibility index (Phi) is 5.96. The van der Waals surface area contributed by atoms with Gasteiger partial charge in [0.05, 0.1) is 6.10 Å². The van der Waals surface area contributed by atoms with Gasteiger partial charge in [-0.2, -0.15) is 0 Å². The molecule has 0 heterocycles. The van der Waals surface area contributed by atoms with E-state index in [0.29, 0.717) is 28.2 Å². The maximum Gasteiger partial charge on any atom is 0.0929 e. The quantitative estimate of drug-likeness (QED) is 0.811. The lowest BCUT2D eigenvalue weighted by Gasteiger charge is -2.20. The monoisotopic (exact) mass is 301 g/mol. The fraction of sp³-hybridized carbons (Fsp3) is 0.600. The van der Waals surface area contributed by atoms with Gasteiger partial charge in [0.15, 0.2) is 0 Å². The van der Waals surface area contributed by atoms with Gasteiger partial charge in [0.2, 0.25) is 0 Å². The van der Waals surface area contributed by atoms with Gasteiger partial charge in [-0.25, -0.2) is 0 Å². The first-order valence-corrected chi connectivity index (χ1v) is 7.79. The zero-order valence-electron chi connectivity index (χ0n) is 11.0. The molecular formula is C15H21Cl2NO. The number of benzene rings is 1. The third-order valence-corrected chi connectivity index (χ3v) is 4.35. The molecular weight excluding hydrogens is 281 g/mol. The van der Waals surface area contributed by atoms with E-state index in [1.807, 2.05) is 0 Å². The van der Waals surface area contributed by atoms with Crippen LogP contribution in [0.25, 0.3) is 0 Å². The predicted molar refractivity (Wildman–Crippen MR) is 80.9 cm³/mol. The number of hydrogen-bond donors (Lipinski definition) is 2. The highest BCUT2D eigenvalue weighted by Gasteiger charge is 2.16. The third kappa shape index (κ3) is 4.64. The van der Waals surface area contributed by atoms with Gasteiger partial charge in [0.25, 0.3) is 0 Å². The number of aliphatic hydroxyl groups is 1. The summed E-state index contributed by atoms with van der Waals surface area (Å²) < 4.78 is 0. The Morgan fingerprint density at radius 3 is 2.53 bits per heavy atom. The summed E-state index contributed by atoms with van der Waals surface area (Å²) in [5, 5.41) is 14.8. The van der Waals surface area contributed by atoms with Crippen LogP contribution in [0.4, 0.5) is 0 Å². The van der Waals surface area contributed by atoms with Crippen LogP contribution in [-0.2, 0) is 0 Å². The van der Waals surface area contributed by atoms with Crippen molar-refractivity contribution < 1.29 is 5.11 Å². The molecule has 1 saturated carbocycles. The second kappa shape index (κ2) is 7.49. The van der Waals surface area contributed by atoms with Gasteiger partial charge >= 0.3 is 0 Å². The molecule has 2 rings (SSSR count). The SMILES string of the molecule is OC(CNC1CCCCCC1)c1cc(Cl)ccc1Cl. The summed E-state index contributed by atoms with van der Waals surface area (Å²) in [7, 11) is 0. The molecule has 0 spiro atoms. The molecule has 0 amide bonds. The maximum atomic E-state index is 10.2. The van der Waals surface area contributed by atoms with E-state index in [2.05, 4.69) is 5.32 Å². The molecule has 0 aliphatic heterocycles. The minimum absolute atomic E-state index is 0.523. The first-order valence-electron chi connectivity index (χ1n) is 7.03. The van der Waals surface area contributed by atoms with E-state index in [1.54, 1.807) is 18.2 Å². The Balaban J connectivity index is 1.89. The molecule has 1 atom stereocenters. The lowest BCUT2D eigenvalue weighted by Crippen LogP contribution is -2.32. The highest BCUT2D eigenvalue weighted by molar-refractivity contribution is 6.33. The normalized spacial score (nSPS) is 19.1. The van der Waals surface area contributed by atoms with Crippen LogP contribution in [0, 0.1) is 0 Å². The maximum absolute atomic E-state index is 10.2. The van der Waals surface area contributed by atoms with Crippen molar-refractivity contribution in [1.82, 2.24) is 5.32 Å². The number of nitrogens with one attached hydrogen (secondary N) is 1. The fourth-order valence-electron chi connectivity index (χ4n) is 2.64. The van der Waals surface area contributed by atoms with Gasteiger partial charge in [-0.15, -0.1) is 0 Å². The first kappa shape index (κ1) is 15.1. The molecule has 1 aliphatic rings. The molecule has 0 radical (unpaired) electrons. The van der Waals surface area contributed by atoms with E-state index in [0.717, 1.165) is 0 Å². The second-order valence-electron chi connectivity index (χ2n) is 5.28. The van der Waals surface area contributed by atoms with E-state index in [9.17, 15) is 5.11 Å². The molecule has 0 bridgehead atoms. The zero-order valence-corrected chi connectivity index (χ0v) is 12.6. The molecule has 1 aromatic carbocycles. The first-order chi connectivity index (χ1) is 9.16. The van der Waals surface area contributed by atoms with Crippen molar-refractivity contribution in [2.24, 2.45) is 0 Å². The lowest BCUT2D eigenvalue weighted by molar-refractivity contribution is 0.168. The van der Waals surface area contributed by atoms with Crippen molar-refractivity contribution in [2.45, 2.75) is 50.7 Å². The Hall–Kier alpha value is -0.280. The van der Waals surface area contributed by atoms with Gasteiger partial charge in [-0.05, 0) is 31.0 Å². The van der Waals surface area contributed by atoms with Crippen LogP contribution >= 0.6 is 23.2 Å². The van der Waals surface area contributed by atoms with E-state index < -0.39 is 6.10 Å². The molecule has 1 aromatic rings. The van der Waals surface area contributed by atoms with Crippen molar-refractivity contribution in [3.63, 3.8) is 0 Å². The molecule has 2 nitrogen and oxygen atoms in total. The van der Waals surface area contributed by atoms with Crippen LogP contribution in [0.2, 0.25) is 10.0 Å². The Labute approximate surface area is 125 Å². The molecule has 4 heteroatoms. The van der Waals surface area contributed by atoms with E-state index in [-0.39, 0.29) is 0 Å². The topological polar surface area (TPSA) is 32.3 Å². The fourth-order valence-corrected chi connectivity index (χ4v) is 3.07. The minimum atomic E-state index is -0.602. The summed E-state index contributed by atoms with van der Waals surface area (Å²) in [4.78, 5) is 0. The molecule has 1 aliphatic carbocycles. The number of rotatable bonds is 4. The van der Waals surface area contributed by atoms with Crippen LogP contribution < -0.4 is 5.32 Å². The number of hydrogen-bond acceptors (Lipinski definition) is 2. The summed E-state index contributed by atoms with van der Waals surface area (Å²) in [6.07, 6.45) is 7.04. The Morgan fingerprint density at radius 1 is 1.16 bits per heavy atom. The Bertz CT molecular complexity index is 403. The number of aliphatic hydroxyl groups excluding tert-OH is 1. The van der Waals surface area contributed by atoms with E-state index >= 15 is 0 Å². The van der Waals surface area contributed by atoms with Gasteiger partial charge < -0.3 is 10.4 Å².